The van der Waals surface area contributed by atoms with Gasteiger partial charge in [0.1, 0.15) is 5.82 Å². The van der Waals surface area contributed by atoms with Crippen molar-refractivity contribution in [2.75, 3.05) is 12.3 Å². The van der Waals surface area contributed by atoms with Crippen LogP contribution < -0.4 is 11.1 Å². The molecule has 0 amide bonds. The SMILES string of the molecule is Cc1ccc(CCNCc2ccc3c(N)nccc3c2)cc1. The molecule has 0 saturated carbocycles. The Morgan fingerprint density at radius 3 is 2.59 bits per heavy atom. The monoisotopic (exact) mass is 291 g/mol. The van der Waals surface area contributed by atoms with Crippen molar-refractivity contribution >= 4 is 16.6 Å². The Bertz CT molecular complexity index is 763. The Kier molecular flexibility index (Phi) is 4.35. The number of hydrogen-bond donors (Lipinski definition) is 2. The summed E-state index contributed by atoms with van der Waals surface area (Å²) in [6, 6.07) is 17.1. The van der Waals surface area contributed by atoms with Gasteiger partial charge < -0.3 is 11.1 Å². The Morgan fingerprint density at radius 1 is 1.00 bits per heavy atom. The fourth-order valence-electron chi connectivity index (χ4n) is 2.58. The van der Waals surface area contributed by atoms with Gasteiger partial charge in [0.25, 0.3) is 0 Å². The lowest BCUT2D eigenvalue weighted by atomic mass is 10.1. The number of nitrogens with one attached hydrogen (secondary N) is 1. The van der Waals surface area contributed by atoms with Crippen LogP contribution in [-0.4, -0.2) is 11.5 Å². The van der Waals surface area contributed by atoms with E-state index >= 15 is 0 Å². The Hall–Kier alpha value is -2.39. The number of rotatable bonds is 5. The van der Waals surface area contributed by atoms with Crippen LogP contribution in [0.25, 0.3) is 10.8 Å². The first-order valence-electron chi connectivity index (χ1n) is 7.62. The maximum absolute atomic E-state index is 5.88. The molecule has 3 N–H and O–H groups in total. The van der Waals surface area contributed by atoms with Crippen molar-refractivity contribution in [1.82, 2.24) is 10.3 Å². The molecule has 2 aromatic carbocycles. The molecule has 0 aliphatic rings. The molecule has 0 aliphatic carbocycles. The highest BCUT2D eigenvalue weighted by Gasteiger charge is 2.00. The number of anilines is 1. The van der Waals surface area contributed by atoms with Gasteiger partial charge in [0.2, 0.25) is 0 Å². The summed E-state index contributed by atoms with van der Waals surface area (Å²) < 4.78 is 0. The number of nitrogens with zero attached hydrogens (tertiary/aromatic N) is 1. The van der Waals surface area contributed by atoms with E-state index in [2.05, 4.69) is 59.7 Å². The summed E-state index contributed by atoms with van der Waals surface area (Å²) >= 11 is 0. The van der Waals surface area contributed by atoms with Crippen LogP contribution in [0.5, 0.6) is 0 Å². The molecular formula is C19H21N3. The van der Waals surface area contributed by atoms with Crippen molar-refractivity contribution in [3.63, 3.8) is 0 Å². The molecule has 22 heavy (non-hydrogen) atoms. The smallest absolute Gasteiger partial charge is 0.131 e. The van der Waals surface area contributed by atoms with Gasteiger partial charge in [0, 0.05) is 18.1 Å². The second-order valence-electron chi connectivity index (χ2n) is 5.66. The van der Waals surface area contributed by atoms with E-state index < -0.39 is 0 Å². The van der Waals surface area contributed by atoms with Gasteiger partial charge >= 0.3 is 0 Å². The summed E-state index contributed by atoms with van der Waals surface area (Å²) in [4.78, 5) is 4.11. The molecule has 0 spiro atoms. The van der Waals surface area contributed by atoms with Crippen LogP contribution in [0, 0.1) is 6.92 Å². The van der Waals surface area contributed by atoms with Crippen LogP contribution in [0.3, 0.4) is 0 Å². The summed E-state index contributed by atoms with van der Waals surface area (Å²) in [7, 11) is 0. The van der Waals surface area contributed by atoms with E-state index in [0.29, 0.717) is 5.82 Å². The predicted octanol–water partition coefficient (Wildman–Crippen LogP) is 3.46. The van der Waals surface area contributed by atoms with Crippen molar-refractivity contribution in [2.45, 2.75) is 19.9 Å². The highest BCUT2D eigenvalue weighted by atomic mass is 14.8. The lowest BCUT2D eigenvalue weighted by Crippen LogP contribution is -2.16. The molecular weight excluding hydrogens is 270 g/mol. The third-order valence-electron chi connectivity index (χ3n) is 3.90. The second kappa shape index (κ2) is 6.58. The quantitative estimate of drug-likeness (QED) is 0.708. The van der Waals surface area contributed by atoms with Crippen molar-refractivity contribution in [3.05, 3.63) is 71.4 Å². The lowest BCUT2D eigenvalue weighted by Gasteiger charge is -2.07. The van der Waals surface area contributed by atoms with Gasteiger partial charge in [-0.2, -0.15) is 0 Å². The Balaban J connectivity index is 1.56. The molecule has 1 aromatic heterocycles. The molecule has 0 unspecified atom stereocenters. The van der Waals surface area contributed by atoms with Crippen LogP contribution in [0.2, 0.25) is 0 Å². The Labute approximate surface area is 131 Å². The molecule has 3 heteroatoms. The largest absolute Gasteiger partial charge is 0.383 e. The molecule has 3 rings (SSSR count). The zero-order valence-corrected chi connectivity index (χ0v) is 12.8. The fraction of sp³-hybridized carbons (Fsp3) is 0.211. The van der Waals surface area contributed by atoms with E-state index in [9.17, 15) is 0 Å². The average Bonchev–Trinajstić information content (AvgIpc) is 2.53. The van der Waals surface area contributed by atoms with Gasteiger partial charge in [-0.1, -0.05) is 42.0 Å². The average molecular weight is 291 g/mol. The first kappa shape index (κ1) is 14.5. The van der Waals surface area contributed by atoms with Crippen LogP contribution in [0.1, 0.15) is 16.7 Å². The first-order chi connectivity index (χ1) is 10.7. The maximum atomic E-state index is 5.88. The van der Waals surface area contributed by atoms with Crippen molar-refractivity contribution in [3.8, 4) is 0 Å². The summed E-state index contributed by atoms with van der Waals surface area (Å²) in [6.07, 6.45) is 2.80. The van der Waals surface area contributed by atoms with E-state index in [1.54, 1.807) is 6.20 Å². The van der Waals surface area contributed by atoms with E-state index in [-0.39, 0.29) is 0 Å². The third-order valence-corrected chi connectivity index (χ3v) is 3.90. The van der Waals surface area contributed by atoms with Crippen molar-refractivity contribution < 1.29 is 0 Å². The van der Waals surface area contributed by atoms with Gasteiger partial charge in [-0.25, -0.2) is 4.98 Å². The molecule has 0 radical (unpaired) electrons. The lowest BCUT2D eigenvalue weighted by molar-refractivity contribution is 0.687. The van der Waals surface area contributed by atoms with Crippen LogP contribution in [0.4, 0.5) is 5.82 Å². The van der Waals surface area contributed by atoms with Gasteiger partial charge in [-0.3, -0.25) is 0 Å². The molecule has 1 heterocycles. The molecule has 0 atom stereocenters. The van der Waals surface area contributed by atoms with Crippen LogP contribution >= 0.6 is 0 Å². The minimum atomic E-state index is 0.594. The molecule has 3 aromatic rings. The first-order valence-corrected chi connectivity index (χ1v) is 7.62. The zero-order chi connectivity index (χ0) is 15.4. The standard InChI is InChI=1S/C19H21N3/c1-14-2-4-15(5-3-14)8-10-21-13-16-6-7-18-17(12-16)9-11-22-19(18)20/h2-7,9,11-12,21H,8,10,13H2,1H3,(H2,20,22). The highest BCUT2D eigenvalue weighted by molar-refractivity contribution is 5.91. The number of fused-ring (bicyclic) bond motifs is 1. The van der Waals surface area contributed by atoms with Gasteiger partial charge in [-0.15, -0.1) is 0 Å². The zero-order valence-electron chi connectivity index (χ0n) is 12.8. The molecule has 3 nitrogen and oxygen atoms in total. The number of nitrogen functional groups attached to an aromatic ring is 1. The molecule has 0 fully saturated rings. The van der Waals surface area contributed by atoms with Gasteiger partial charge in [0.05, 0.1) is 0 Å². The van der Waals surface area contributed by atoms with Gasteiger partial charge in [0.15, 0.2) is 0 Å². The minimum Gasteiger partial charge on any atom is -0.383 e. The van der Waals surface area contributed by atoms with Crippen LogP contribution in [0.15, 0.2) is 54.7 Å². The summed E-state index contributed by atoms with van der Waals surface area (Å²) in [5, 5.41) is 5.66. The van der Waals surface area contributed by atoms with Crippen molar-refractivity contribution in [2.24, 2.45) is 0 Å². The molecule has 0 bridgehead atoms. The van der Waals surface area contributed by atoms with E-state index in [0.717, 1.165) is 30.3 Å². The number of pyridine rings is 1. The van der Waals surface area contributed by atoms with Gasteiger partial charge in [-0.05, 0) is 48.5 Å². The summed E-state index contributed by atoms with van der Waals surface area (Å²) in [5.74, 6) is 0.594. The van der Waals surface area contributed by atoms with Crippen molar-refractivity contribution in [1.29, 1.82) is 0 Å². The number of hydrogen-bond acceptors (Lipinski definition) is 3. The molecule has 0 aliphatic heterocycles. The number of nitrogens with two attached hydrogens (primary N) is 1. The highest BCUT2D eigenvalue weighted by Crippen LogP contribution is 2.19. The maximum Gasteiger partial charge on any atom is 0.131 e. The molecule has 0 saturated heterocycles. The van der Waals surface area contributed by atoms with Crippen LogP contribution in [-0.2, 0) is 13.0 Å². The Morgan fingerprint density at radius 2 is 1.77 bits per heavy atom. The topological polar surface area (TPSA) is 50.9 Å². The number of aryl methyl sites for hydroxylation is 1. The number of benzene rings is 2. The van der Waals surface area contributed by atoms with E-state index in [4.69, 9.17) is 5.73 Å². The fourth-order valence-corrected chi connectivity index (χ4v) is 2.58. The molecule has 112 valence electrons. The van der Waals surface area contributed by atoms with E-state index in [1.807, 2.05) is 6.07 Å². The predicted molar refractivity (Wildman–Crippen MR) is 92.7 cm³/mol. The van der Waals surface area contributed by atoms with E-state index in [1.165, 1.54) is 16.7 Å². The normalized spacial score (nSPS) is 11.0. The minimum absolute atomic E-state index is 0.594. The summed E-state index contributed by atoms with van der Waals surface area (Å²) in [5.41, 5.74) is 9.82. The number of aromatic nitrogens is 1. The third kappa shape index (κ3) is 3.43. The second-order valence-corrected chi connectivity index (χ2v) is 5.66. The summed E-state index contributed by atoms with van der Waals surface area (Å²) in [6.45, 7) is 3.95.